The summed E-state index contributed by atoms with van der Waals surface area (Å²) in [6.07, 6.45) is 7.54. The van der Waals surface area contributed by atoms with Gasteiger partial charge in [0.05, 0.1) is 11.7 Å². The van der Waals surface area contributed by atoms with Crippen LogP contribution in [0, 0.1) is 0 Å². The lowest BCUT2D eigenvalue weighted by molar-refractivity contribution is 0.502. The first-order valence-electron chi connectivity index (χ1n) is 6.36. The van der Waals surface area contributed by atoms with Crippen LogP contribution in [0.25, 0.3) is 4.96 Å². The minimum Gasteiger partial charge on any atom is -0.307 e. The zero-order chi connectivity index (χ0) is 13.1. The van der Waals surface area contributed by atoms with Gasteiger partial charge in [-0.05, 0) is 13.0 Å². The second-order valence-corrected chi connectivity index (χ2v) is 5.28. The summed E-state index contributed by atoms with van der Waals surface area (Å²) in [5, 5.41) is 12.4. The largest absolute Gasteiger partial charge is 0.307 e. The van der Waals surface area contributed by atoms with E-state index in [2.05, 4.69) is 43.0 Å². The van der Waals surface area contributed by atoms with Crippen LogP contribution in [0.1, 0.15) is 30.9 Å². The van der Waals surface area contributed by atoms with Gasteiger partial charge in [-0.25, -0.2) is 9.97 Å². The molecule has 3 aromatic rings. The molecule has 0 saturated carbocycles. The maximum absolute atomic E-state index is 4.61. The highest BCUT2D eigenvalue weighted by Crippen LogP contribution is 2.17. The summed E-state index contributed by atoms with van der Waals surface area (Å²) in [6.45, 7) is 3.10. The van der Waals surface area contributed by atoms with Crippen LogP contribution in [-0.4, -0.2) is 31.1 Å². The monoisotopic (exact) mass is 276 g/mol. The fourth-order valence-electron chi connectivity index (χ4n) is 2.05. The summed E-state index contributed by atoms with van der Waals surface area (Å²) in [4.78, 5) is 9.89. The molecule has 0 fully saturated rings. The van der Waals surface area contributed by atoms with Crippen LogP contribution in [0.15, 0.2) is 24.1 Å². The predicted molar refractivity (Wildman–Crippen MR) is 74.2 cm³/mol. The number of rotatable bonds is 6. The van der Waals surface area contributed by atoms with E-state index >= 15 is 0 Å². The first kappa shape index (κ1) is 12.3. The lowest BCUT2D eigenvalue weighted by Gasteiger charge is -2.14. The fourth-order valence-corrected chi connectivity index (χ4v) is 2.77. The van der Waals surface area contributed by atoms with Crippen molar-refractivity contribution >= 4 is 16.3 Å². The van der Waals surface area contributed by atoms with Gasteiger partial charge in [0.2, 0.25) is 0 Å². The maximum Gasteiger partial charge on any atom is 0.193 e. The average molecular weight is 276 g/mol. The molecular formula is C12H16N6S. The van der Waals surface area contributed by atoms with Crippen LogP contribution in [0.5, 0.6) is 0 Å². The summed E-state index contributed by atoms with van der Waals surface area (Å²) >= 11 is 1.65. The van der Waals surface area contributed by atoms with E-state index < -0.39 is 0 Å². The first-order valence-corrected chi connectivity index (χ1v) is 7.24. The van der Waals surface area contributed by atoms with Gasteiger partial charge in [0.25, 0.3) is 0 Å². The molecule has 0 aromatic carbocycles. The number of imidazole rings is 1. The van der Waals surface area contributed by atoms with Crippen LogP contribution in [0.3, 0.4) is 0 Å². The van der Waals surface area contributed by atoms with E-state index in [0.29, 0.717) is 0 Å². The minimum atomic E-state index is 0.132. The summed E-state index contributed by atoms with van der Waals surface area (Å²) < 4.78 is 2.05. The lowest BCUT2D eigenvalue weighted by atomic mass is 10.1. The Bertz CT molecular complexity index is 597. The molecular weight excluding hydrogens is 260 g/mol. The standard InChI is InChI=1S/C12H16N6S/c1-2-3-13-10(11-14-8-15-17-11)6-9-7-18-4-5-19-12(18)16-9/h4-5,7-8,10,13H,2-3,6H2,1H3,(H,14,15,17). The summed E-state index contributed by atoms with van der Waals surface area (Å²) in [7, 11) is 0. The van der Waals surface area contributed by atoms with Gasteiger partial charge in [0.1, 0.15) is 12.2 Å². The van der Waals surface area contributed by atoms with Gasteiger partial charge < -0.3 is 5.32 Å². The summed E-state index contributed by atoms with van der Waals surface area (Å²) in [5.74, 6) is 0.866. The molecule has 1 atom stereocenters. The molecule has 6 nitrogen and oxygen atoms in total. The number of aromatic amines is 1. The lowest BCUT2D eigenvalue weighted by Crippen LogP contribution is -2.25. The maximum atomic E-state index is 4.61. The van der Waals surface area contributed by atoms with E-state index in [9.17, 15) is 0 Å². The molecule has 0 aliphatic heterocycles. The molecule has 0 spiro atoms. The number of H-pyrrole nitrogens is 1. The van der Waals surface area contributed by atoms with Crippen molar-refractivity contribution in [3.8, 4) is 0 Å². The molecule has 3 aromatic heterocycles. The van der Waals surface area contributed by atoms with Gasteiger partial charge in [-0.15, -0.1) is 11.3 Å². The van der Waals surface area contributed by atoms with Crippen molar-refractivity contribution < 1.29 is 0 Å². The Morgan fingerprint density at radius 2 is 2.47 bits per heavy atom. The van der Waals surface area contributed by atoms with Gasteiger partial charge in [-0.2, -0.15) is 5.10 Å². The Labute approximate surface area is 114 Å². The molecule has 100 valence electrons. The van der Waals surface area contributed by atoms with E-state index in [1.807, 2.05) is 11.6 Å². The topological polar surface area (TPSA) is 70.9 Å². The summed E-state index contributed by atoms with van der Waals surface area (Å²) in [5.41, 5.74) is 1.07. The Morgan fingerprint density at radius 3 is 3.21 bits per heavy atom. The molecule has 0 aliphatic carbocycles. The van der Waals surface area contributed by atoms with Crippen molar-refractivity contribution in [2.75, 3.05) is 6.54 Å². The highest BCUT2D eigenvalue weighted by molar-refractivity contribution is 7.15. The fraction of sp³-hybridized carbons (Fsp3) is 0.417. The van der Waals surface area contributed by atoms with Crippen molar-refractivity contribution in [2.24, 2.45) is 0 Å². The number of thiazole rings is 1. The van der Waals surface area contributed by atoms with Crippen molar-refractivity contribution in [1.82, 2.24) is 29.9 Å². The van der Waals surface area contributed by atoms with E-state index in [0.717, 1.165) is 35.9 Å². The molecule has 0 bridgehead atoms. The number of hydrogen-bond acceptors (Lipinski definition) is 5. The minimum absolute atomic E-state index is 0.132. The molecule has 1 unspecified atom stereocenters. The smallest absolute Gasteiger partial charge is 0.193 e. The second-order valence-electron chi connectivity index (χ2n) is 4.41. The second kappa shape index (κ2) is 5.50. The van der Waals surface area contributed by atoms with E-state index in [4.69, 9.17) is 0 Å². The normalized spacial score (nSPS) is 13.1. The van der Waals surface area contributed by atoms with Gasteiger partial charge in [0, 0.05) is 24.2 Å². The van der Waals surface area contributed by atoms with Crippen LogP contribution < -0.4 is 5.32 Å². The van der Waals surface area contributed by atoms with Crippen molar-refractivity contribution in [3.63, 3.8) is 0 Å². The van der Waals surface area contributed by atoms with E-state index in [1.54, 1.807) is 17.7 Å². The quantitative estimate of drug-likeness (QED) is 0.720. The molecule has 19 heavy (non-hydrogen) atoms. The number of fused-ring (bicyclic) bond motifs is 1. The zero-order valence-corrected chi connectivity index (χ0v) is 11.5. The average Bonchev–Trinajstić information content (AvgIpc) is 3.09. The van der Waals surface area contributed by atoms with Crippen molar-refractivity contribution in [1.29, 1.82) is 0 Å². The van der Waals surface area contributed by atoms with Crippen LogP contribution in [0.4, 0.5) is 0 Å². The highest BCUT2D eigenvalue weighted by Gasteiger charge is 2.16. The molecule has 0 saturated heterocycles. The number of nitrogens with one attached hydrogen (secondary N) is 2. The Kier molecular flexibility index (Phi) is 3.56. The van der Waals surface area contributed by atoms with Crippen molar-refractivity contribution in [2.45, 2.75) is 25.8 Å². The first-order chi connectivity index (χ1) is 9.36. The molecule has 7 heteroatoms. The summed E-state index contributed by atoms with van der Waals surface area (Å²) in [6, 6.07) is 0.132. The number of hydrogen-bond donors (Lipinski definition) is 2. The van der Waals surface area contributed by atoms with Crippen molar-refractivity contribution in [3.05, 3.63) is 35.6 Å². The van der Waals surface area contributed by atoms with Crippen LogP contribution >= 0.6 is 11.3 Å². The molecule has 3 rings (SSSR count). The van der Waals surface area contributed by atoms with Gasteiger partial charge in [-0.1, -0.05) is 6.92 Å². The van der Waals surface area contributed by atoms with E-state index in [1.165, 1.54) is 0 Å². The Morgan fingerprint density at radius 1 is 1.53 bits per heavy atom. The number of aromatic nitrogens is 5. The van der Waals surface area contributed by atoms with E-state index in [-0.39, 0.29) is 6.04 Å². The molecule has 0 radical (unpaired) electrons. The molecule has 0 aliphatic rings. The Balaban J connectivity index is 1.78. The molecule has 2 N–H and O–H groups in total. The third kappa shape index (κ3) is 2.66. The molecule has 3 heterocycles. The predicted octanol–water partition coefficient (Wildman–Crippen LogP) is 1.80. The third-order valence-electron chi connectivity index (χ3n) is 2.96. The van der Waals surface area contributed by atoms with Gasteiger partial charge in [0.15, 0.2) is 4.96 Å². The SMILES string of the molecule is CCCNC(Cc1cn2ccsc2n1)c1ncn[nH]1. The van der Waals surface area contributed by atoms with Gasteiger partial charge in [-0.3, -0.25) is 9.50 Å². The highest BCUT2D eigenvalue weighted by atomic mass is 32.1. The number of nitrogens with zero attached hydrogens (tertiary/aromatic N) is 4. The Hall–Kier alpha value is -1.73. The third-order valence-corrected chi connectivity index (χ3v) is 3.73. The van der Waals surface area contributed by atoms with Crippen LogP contribution in [-0.2, 0) is 6.42 Å². The molecule has 0 amide bonds. The zero-order valence-electron chi connectivity index (χ0n) is 10.7. The van der Waals surface area contributed by atoms with Crippen LogP contribution in [0.2, 0.25) is 0 Å². The van der Waals surface area contributed by atoms with Gasteiger partial charge >= 0.3 is 0 Å².